The maximum atomic E-state index is 12.7. The number of hydrogen-bond acceptors (Lipinski definition) is 1. The molecule has 2 heteroatoms. The molecule has 1 aromatic carbocycles. The van der Waals surface area contributed by atoms with Crippen LogP contribution in [0.3, 0.4) is 0 Å². The Balaban J connectivity index is 2.60. The highest BCUT2D eigenvalue weighted by molar-refractivity contribution is 5.19. The van der Waals surface area contributed by atoms with Gasteiger partial charge in [-0.15, -0.1) is 0 Å². The van der Waals surface area contributed by atoms with E-state index in [0.29, 0.717) is 5.92 Å². The van der Waals surface area contributed by atoms with Crippen LogP contribution in [0.1, 0.15) is 44.7 Å². The largest absolute Gasteiger partial charge is 0.324 e. The van der Waals surface area contributed by atoms with E-state index in [1.54, 1.807) is 12.1 Å². The van der Waals surface area contributed by atoms with Crippen LogP contribution in [0, 0.1) is 11.7 Å². The molecule has 0 aromatic heterocycles. The first kappa shape index (κ1) is 12.2. The van der Waals surface area contributed by atoms with Crippen LogP contribution in [0.2, 0.25) is 0 Å². The number of benzene rings is 1. The third-order valence-corrected chi connectivity index (χ3v) is 3.04. The molecule has 0 spiro atoms. The molecule has 0 bridgehead atoms. The van der Waals surface area contributed by atoms with Gasteiger partial charge < -0.3 is 5.73 Å². The Kier molecular flexibility index (Phi) is 4.76. The van der Waals surface area contributed by atoms with Crippen molar-refractivity contribution < 1.29 is 4.39 Å². The van der Waals surface area contributed by atoms with Gasteiger partial charge in [0.25, 0.3) is 0 Å². The van der Waals surface area contributed by atoms with Crippen LogP contribution >= 0.6 is 0 Å². The maximum absolute atomic E-state index is 12.7. The van der Waals surface area contributed by atoms with Gasteiger partial charge in [0.05, 0.1) is 0 Å². The monoisotopic (exact) mass is 209 g/mol. The van der Waals surface area contributed by atoms with Gasteiger partial charge in [-0.25, -0.2) is 4.39 Å². The predicted molar refractivity (Wildman–Crippen MR) is 62.0 cm³/mol. The highest BCUT2D eigenvalue weighted by Gasteiger charge is 2.11. The molecule has 1 rings (SSSR count). The summed E-state index contributed by atoms with van der Waals surface area (Å²) in [4.78, 5) is 0. The maximum Gasteiger partial charge on any atom is 0.123 e. The molecule has 0 aliphatic carbocycles. The van der Waals surface area contributed by atoms with Crippen LogP contribution in [-0.2, 0) is 0 Å². The van der Waals surface area contributed by atoms with Crippen molar-refractivity contribution in [1.29, 1.82) is 0 Å². The van der Waals surface area contributed by atoms with Crippen LogP contribution in [0.15, 0.2) is 24.3 Å². The molecule has 0 fully saturated rings. The van der Waals surface area contributed by atoms with Crippen LogP contribution in [0.25, 0.3) is 0 Å². The Morgan fingerprint density at radius 3 is 2.13 bits per heavy atom. The van der Waals surface area contributed by atoms with Crippen molar-refractivity contribution in [2.45, 2.75) is 39.2 Å². The van der Waals surface area contributed by atoms with Crippen molar-refractivity contribution in [3.05, 3.63) is 35.6 Å². The molecule has 0 unspecified atom stereocenters. The average Bonchev–Trinajstić information content (AvgIpc) is 2.26. The zero-order chi connectivity index (χ0) is 11.3. The normalized spacial score (nSPS) is 13.1. The van der Waals surface area contributed by atoms with E-state index in [9.17, 15) is 4.39 Å². The van der Waals surface area contributed by atoms with E-state index in [1.165, 1.54) is 12.1 Å². The second kappa shape index (κ2) is 5.86. The van der Waals surface area contributed by atoms with Gasteiger partial charge in [0.1, 0.15) is 5.82 Å². The van der Waals surface area contributed by atoms with Gasteiger partial charge in [-0.2, -0.15) is 0 Å². The molecule has 0 aliphatic heterocycles. The summed E-state index contributed by atoms with van der Waals surface area (Å²) < 4.78 is 12.7. The number of halogens is 1. The van der Waals surface area contributed by atoms with Crippen molar-refractivity contribution in [3.63, 3.8) is 0 Å². The van der Waals surface area contributed by atoms with Gasteiger partial charge >= 0.3 is 0 Å². The second-order valence-electron chi connectivity index (χ2n) is 4.08. The Labute approximate surface area is 91.5 Å². The molecular formula is C13H20FN. The fraction of sp³-hybridized carbons (Fsp3) is 0.538. The molecule has 84 valence electrons. The number of rotatable bonds is 5. The molecule has 0 aliphatic rings. The van der Waals surface area contributed by atoms with Crippen LogP contribution in [0.4, 0.5) is 4.39 Å². The van der Waals surface area contributed by atoms with Crippen molar-refractivity contribution >= 4 is 0 Å². The van der Waals surface area contributed by atoms with Gasteiger partial charge in [0.2, 0.25) is 0 Å². The molecule has 0 saturated carbocycles. The van der Waals surface area contributed by atoms with Gasteiger partial charge in [0.15, 0.2) is 0 Å². The summed E-state index contributed by atoms with van der Waals surface area (Å²) in [7, 11) is 0. The van der Waals surface area contributed by atoms with E-state index in [4.69, 9.17) is 5.73 Å². The topological polar surface area (TPSA) is 26.0 Å². The lowest BCUT2D eigenvalue weighted by molar-refractivity contribution is 0.414. The second-order valence-corrected chi connectivity index (χ2v) is 4.08. The van der Waals surface area contributed by atoms with E-state index >= 15 is 0 Å². The SMILES string of the molecule is CCC(CC)C[C@@H](N)c1ccc(F)cc1. The molecule has 0 amide bonds. The molecule has 0 saturated heterocycles. The summed E-state index contributed by atoms with van der Waals surface area (Å²) in [6.07, 6.45) is 3.30. The smallest absolute Gasteiger partial charge is 0.123 e. The molecule has 1 atom stereocenters. The lowest BCUT2D eigenvalue weighted by Crippen LogP contribution is -2.14. The first-order valence-electron chi connectivity index (χ1n) is 5.68. The van der Waals surface area contributed by atoms with E-state index in [-0.39, 0.29) is 11.9 Å². The van der Waals surface area contributed by atoms with Crippen molar-refractivity contribution in [2.75, 3.05) is 0 Å². The minimum Gasteiger partial charge on any atom is -0.324 e. The fourth-order valence-electron chi connectivity index (χ4n) is 1.83. The summed E-state index contributed by atoms with van der Waals surface area (Å²) in [6.45, 7) is 4.37. The van der Waals surface area contributed by atoms with Crippen LogP contribution in [0.5, 0.6) is 0 Å². The molecule has 15 heavy (non-hydrogen) atoms. The first-order chi connectivity index (χ1) is 7.17. The third kappa shape index (κ3) is 3.63. The molecule has 1 nitrogen and oxygen atoms in total. The van der Waals surface area contributed by atoms with E-state index < -0.39 is 0 Å². The van der Waals surface area contributed by atoms with E-state index in [0.717, 1.165) is 24.8 Å². The van der Waals surface area contributed by atoms with Gasteiger partial charge in [-0.05, 0) is 30.0 Å². The van der Waals surface area contributed by atoms with Gasteiger partial charge in [-0.3, -0.25) is 0 Å². The summed E-state index contributed by atoms with van der Waals surface area (Å²) in [5, 5.41) is 0. The number of nitrogens with two attached hydrogens (primary N) is 1. The van der Waals surface area contributed by atoms with E-state index in [2.05, 4.69) is 13.8 Å². The Hall–Kier alpha value is -0.890. The molecule has 1 aromatic rings. The Morgan fingerprint density at radius 2 is 1.67 bits per heavy atom. The molecule has 0 radical (unpaired) electrons. The van der Waals surface area contributed by atoms with Crippen molar-refractivity contribution in [1.82, 2.24) is 0 Å². The van der Waals surface area contributed by atoms with Crippen LogP contribution < -0.4 is 5.73 Å². The predicted octanol–water partition coefficient (Wildman–Crippen LogP) is 3.65. The quantitative estimate of drug-likeness (QED) is 0.787. The lowest BCUT2D eigenvalue weighted by Gasteiger charge is -2.18. The minimum absolute atomic E-state index is 0.0375. The summed E-state index contributed by atoms with van der Waals surface area (Å²) in [5.74, 6) is 0.471. The minimum atomic E-state index is -0.200. The zero-order valence-electron chi connectivity index (χ0n) is 9.54. The third-order valence-electron chi connectivity index (χ3n) is 3.04. The summed E-state index contributed by atoms with van der Waals surface area (Å²) in [6, 6.07) is 6.55. The molecule has 0 heterocycles. The Bertz CT molecular complexity index is 277. The van der Waals surface area contributed by atoms with Gasteiger partial charge in [0, 0.05) is 6.04 Å². The highest BCUT2D eigenvalue weighted by Crippen LogP contribution is 2.23. The molecular weight excluding hydrogens is 189 g/mol. The Morgan fingerprint density at radius 1 is 1.13 bits per heavy atom. The fourth-order valence-corrected chi connectivity index (χ4v) is 1.83. The van der Waals surface area contributed by atoms with Crippen molar-refractivity contribution in [3.8, 4) is 0 Å². The average molecular weight is 209 g/mol. The highest BCUT2D eigenvalue weighted by atomic mass is 19.1. The standard InChI is InChI=1S/C13H20FN/c1-3-10(4-2)9-13(15)11-5-7-12(14)8-6-11/h5-8,10,13H,3-4,9,15H2,1-2H3/t13-/m1/s1. The summed E-state index contributed by atoms with van der Waals surface area (Å²) >= 11 is 0. The number of hydrogen-bond donors (Lipinski definition) is 1. The zero-order valence-corrected chi connectivity index (χ0v) is 9.54. The van der Waals surface area contributed by atoms with Crippen LogP contribution in [-0.4, -0.2) is 0 Å². The first-order valence-corrected chi connectivity index (χ1v) is 5.68. The summed E-state index contributed by atoms with van der Waals surface area (Å²) in [5.41, 5.74) is 7.11. The molecule has 2 N–H and O–H groups in total. The van der Waals surface area contributed by atoms with Gasteiger partial charge in [-0.1, -0.05) is 38.8 Å². The lowest BCUT2D eigenvalue weighted by atomic mass is 9.92. The van der Waals surface area contributed by atoms with Crippen molar-refractivity contribution in [2.24, 2.45) is 11.7 Å². The van der Waals surface area contributed by atoms with E-state index in [1.807, 2.05) is 0 Å².